The highest BCUT2D eigenvalue weighted by Crippen LogP contribution is 2.38. The average Bonchev–Trinajstić information content (AvgIpc) is 3.42. The van der Waals surface area contributed by atoms with Gasteiger partial charge in [-0.05, 0) is 51.3 Å². The Morgan fingerprint density at radius 3 is 2.67 bits per heavy atom. The van der Waals surface area contributed by atoms with E-state index in [0.29, 0.717) is 11.7 Å². The summed E-state index contributed by atoms with van der Waals surface area (Å²) < 4.78 is 8.12. The van der Waals surface area contributed by atoms with Gasteiger partial charge in [-0.2, -0.15) is 5.10 Å². The molecular formula is C21H28N4O2. The van der Waals surface area contributed by atoms with Gasteiger partial charge >= 0.3 is 0 Å². The second-order valence-corrected chi connectivity index (χ2v) is 8.38. The Balaban J connectivity index is 1.27. The van der Waals surface area contributed by atoms with Crippen molar-refractivity contribution in [3.63, 3.8) is 0 Å². The lowest BCUT2D eigenvalue weighted by atomic mass is 9.87. The van der Waals surface area contributed by atoms with Crippen LogP contribution in [-0.4, -0.2) is 69.9 Å². The lowest BCUT2D eigenvalue weighted by molar-refractivity contribution is -0.0393. The molecule has 1 aromatic carbocycles. The van der Waals surface area contributed by atoms with Crippen molar-refractivity contribution in [1.82, 2.24) is 19.6 Å². The van der Waals surface area contributed by atoms with Gasteiger partial charge in [-0.3, -0.25) is 14.4 Å². The smallest absolute Gasteiger partial charge is 0.275 e. The largest absolute Gasteiger partial charge is 0.373 e. The van der Waals surface area contributed by atoms with E-state index in [1.54, 1.807) is 4.68 Å². The fourth-order valence-corrected chi connectivity index (χ4v) is 5.15. The monoisotopic (exact) mass is 368 g/mol. The molecule has 5 rings (SSSR count). The predicted octanol–water partition coefficient (Wildman–Crippen LogP) is 2.43. The molecule has 3 fully saturated rings. The van der Waals surface area contributed by atoms with Crippen LogP contribution >= 0.6 is 0 Å². The van der Waals surface area contributed by atoms with Crippen LogP contribution < -0.4 is 0 Å². The summed E-state index contributed by atoms with van der Waals surface area (Å²) in [5, 5.41) is 5.45. The van der Waals surface area contributed by atoms with Gasteiger partial charge in [0.25, 0.3) is 5.91 Å². The van der Waals surface area contributed by atoms with Crippen molar-refractivity contribution < 1.29 is 9.53 Å². The SMILES string of the molecule is Cn1nc(C(=O)N2CCC3(CC2)CC(N2CCCC2)CO3)c2ccccc21. The van der Waals surface area contributed by atoms with E-state index < -0.39 is 0 Å². The minimum Gasteiger partial charge on any atom is -0.373 e. The molecule has 1 atom stereocenters. The van der Waals surface area contributed by atoms with Gasteiger partial charge in [0.2, 0.25) is 0 Å². The number of para-hydroxylation sites is 1. The maximum Gasteiger partial charge on any atom is 0.275 e. The molecule has 144 valence electrons. The first kappa shape index (κ1) is 17.2. The van der Waals surface area contributed by atoms with Crippen LogP contribution in [0.2, 0.25) is 0 Å². The Hall–Kier alpha value is -1.92. The normalized spacial score (nSPS) is 25.7. The van der Waals surface area contributed by atoms with Crippen molar-refractivity contribution in [3.05, 3.63) is 30.0 Å². The first-order chi connectivity index (χ1) is 13.2. The van der Waals surface area contributed by atoms with E-state index in [0.717, 1.165) is 49.9 Å². The number of hydrogen-bond donors (Lipinski definition) is 0. The highest BCUT2D eigenvalue weighted by molar-refractivity contribution is 6.04. The molecule has 1 spiro atoms. The van der Waals surface area contributed by atoms with Gasteiger partial charge in [0.15, 0.2) is 5.69 Å². The second-order valence-electron chi connectivity index (χ2n) is 8.38. The summed E-state index contributed by atoms with van der Waals surface area (Å²) in [4.78, 5) is 17.7. The van der Waals surface area contributed by atoms with E-state index in [9.17, 15) is 4.79 Å². The van der Waals surface area contributed by atoms with Crippen molar-refractivity contribution in [3.8, 4) is 0 Å². The molecule has 1 aromatic heterocycles. The zero-order chi connectivity index (χ0) is 18.4. The van der Waals surface area contributed by atoms with Crippen LogP contribution in [-0.2, 0) is 11.8 Å². The lowest BCUT2D eigenvalue weighted by Gasteiger charge is -2.38. The van der Waals surface area contributed by atoms with Crippen LogP contribution in [0.25, 0.3) is 10.9 Å². The van der Waals surface area contributed by atoms with Crippen molar-refractivity contribution in [2.75, 3.05) is 32.8 Å². The van der Waals surface area contributed by atoms with Gasteiger partial charge in [0.05, 0.1) is 17.7 Å². The van der Waals surface area contributed by atoms with Gasteiger partial charge in [-0.1, -0.05) is 18.2 Å². The number of carbonyl (C=O) groups is 1. The van der Waals surface area contributed by atoms with E-state index >= 15 is 0 Å². The van der Waals surface area contributed by atoms with Crippen molar-refractivity contribution >= 4 is 16.8 Å². The minimum absolute atomic E-state index is 0.0176. The number of ether oxygens (including phenoxy) is 1. The van der Waals surface area contributed by atoms with E-state index in [1.807, 2.05) is 36.2 Å². The number of carbonyl (C=O) groups excluding carboxylic acids is 1. The molecule has 0 saturated carbocycles. The number of fused-ring (bicyclic) bond motifs is 1. The number of rotatable bonds is 2. The van der Waals surface area contributed by atoms with E-state index in [2.05, 4.69) is 10.00 Å². The summed E-state index contributed by atoms with van der Waals surface area (Å²) in [6.07, 6.45) is 5.65. The number of hydrogen-bond acceptors (Lipinski definition) is 4. The van der Waals surface area contributed by atoms with Gasteiger partial charge in [0, 0.05) is 31.6 Å². The maximum atomic E-state index is 13.1. The zero-order valence-corrected chi connectivity index (χ0v) is 16.1. The Labute approximate surface area is 160 Å². The van der Waals surface area contributed by atoms with Crippen LogP contribution in [0.5, 0.6) is 0 Å². The summed E-state index contributed by atoms with van der Waals surface area (Å²) in [7, 11) is 1.90. The molecule has 0 radical (unpaired) electrons. The molecule has 0 N–H and O–H groups in total. The zero-order valence-electron chi connectivity index (χ0n) is 16.1. The second kappa shape index (κ2) is 6.60. The van der Waals surface area contributed by atoms with Gasteiger partial charge in [-0.15, -0.1) is 0 Å². The summed E-state index contributed by atoms with van der Waals surface area (Å²) in [5.74, 6) is 0.0516. The molecule has 6 heteroatoms. The molecule has 6 nitrogen and oxygen atoms in total. The fraction of sp³-hybridized carbons (Fsp3) is 0.619. The highest BCUT2D eigenvalue weighted by atomic mass is 16.5. The fourth-order valence-electron chi connectivity index (χ4n) is 5.15. The number of amides is 1. The molecule has 4 heterocycles. The third-order valence-electron chi connectivity index (χ3n) is 6.77. The molecule has 3 aliphatic heterocycles. The van der Waals surface area contributed by atoms with Crippen LogP contribution in [0.4, 0.5) is 0 Å². The van der Waals surface area contributed by atoms with Crippen LogP contribution in [0.15, 0.2) is 24.3 Å². The molecule has 3 aliphatic rings. The number of aryl methyl sites for hydroxylation is 1. The molecule has 0 bridgehead atoms. The number of benzene rings is 1. The molecular weight excluding hydrogens is 340 g/mol. The van der Waals surface area contributed by atoms with Crippen LogP contribution in [0, 0.1) is 0 Å². The summed E-state index contributed by atoms with van der Waals surface area (Å²) in [6.45, 7) is 4.83. The summed E-state index contributed by atoms with van der Waals surface area (Å²) >= 11 is 0. The van der Waals surface area contributed by atoms with Crippen LogP contribution in [0.3, 0.4) is 0 Å². The number of nitrogens with zero attached hydrogens (tertiary/aromatic N) is 4. The Morgan fingerprint density at radius 2 is 1.89 bits per heavy atom. The van der Waals surface area contributed by atoms with Crippen molar-refractivity contribution in [1.29, 1.82) is 0 Å². The predicted molar refractivity (Wildman–Crippen MR) is 104 cm³/mol. The molecule has 1 unspecified atom stereocenters. The van der Waals surface area contributed by atoms with Gasteiger partial charge in [0.1, 0.15) is 0 Å². The average molecular weight is 368 g/mol. The standard InChI is InChI=1S/C21H28N4O2/c1-23-18-7-3-2-6-17(18)19(22-23)20(26)25-12-8-21(9-13-25)14-16(15-27-21)24-10-4-5-11-24/h2-3,6-7,16H,4-5,8-15H2,1H3. The van der Waals surface area contributed by atoms with Crippen molar-refractivity contribution in [2.45, 2.75) is 43.7 Å². The topological polar surface area (TPSA) is 50.6 Å². The first-order valence-corrected chi connectivity index (χ1v) is 10.2. The maximum absolute atomic E-state index is 13.1. The Bertz CT molecular complexity index is 847. The first-order valence-electron chi connectivity index (χ1n) is 10.2. The third-order valence-corrected chi connectivity index (χ3v) is 6.77. The number of aromatic nitrogens is 2. The molecule has 1 amide bonds. The van der Waals surface area contributed by atoms with E-state index in [4.69, 9.17) is 4.74 Å². The molecule has 27 heavy (non-hydrogen) atoms. The van der Waals surface area contributed by atoms with Crippen molar-refractivity contribution in [2.24, 2.45) is 7.05 Å². The summed E-state index contributed by atoms with van der Waals surface area (Å²) in [6, 6.07) is 8.53. The number of piperidine rings is 1. The Morgan fingerprint density at radius 1 is 1.15 bits per heavy atom. The quantitative estimate of drug-likeness (QED) is 0.817. The molecule has 0 aliphatic carbocycles. The minimum atomic E-state index is -0.0176. The van der Waals surface area contributed by atoms with Crippen LogP contribution in [0.1, 0.15) is 42.6 Å². The van der Waals surface area contributed by atoms with E-state index in [1.165, 1.54) is 25.9 Å². The highest BCUT2D eigenvalue weighted by Gasteiger charge is 2.45. The lowest BCUT2D eigenvalue weighted by Crippen LogP contribution is -2.47. The summed E-state index contributed by atoms with van der Waals surface area (Å²) in [5.41, 5.74) is 1.56. The Kier molecular flexibility index (Phi) is 4.20. The third kappa shape index (κ3) is 2.95. The van der Waals surface area contributed by atoms with Gasteiger partial charge < -0.3 is 9.64 Å². The van der Waals surface area contributed by atoms with E-state index in [-0.39, 0.29) is 11.5 Å². The molecule has 3 saturated heterocycles. The van der Waals surface area contributed by atoms with Gasteiger partial charge in [-0.25, -0.2) is 0 Å². The molecule has 2 aromatic rings. The number of likely N-dealkylation sites (tertiary alicyclic amines) is 2.